The van der Waals surface area contributed by atoms with Crippen LogP contribution >= 0.6 is 15.9 Å². The van der Waals surface area contributed by atoms with Crippen LogP contribution in [0.2, 0.25) is 0 Å². The fourth-order valence-corrected chi connectivity index (χ4v) is 2.19. The van der Waals surface area contributed by atoms with E-state index in [4.69, 9.17) is 4.74 Å². The first-order chi connectivity index (χ1) is 9.60. The van der Waals surface area contributed by atoms with E-state index in [1.54, 1.807) is 19.2 Å². The smallest absolute Gasteiger partial charge is 0.274 e. The van der Waals surface area contributed by atoms with Gasteiger partial charge >= 0.3 is 0 Å². The Morgan fingerprint density at radius 3 is 2.55 bits per heavy atom. The summed E-state index contributed by atoms with van der Waals surface area (Å²) in [6.45, 7) is 0.377. The first-order valence-electron chi connectivity index (χ1n) is 5.91. The van der Waals surface area contributed by atoms with E-state index in [0.717, 1.165) is 15.9 Å². The van der Waals surface area contributed by atoms with Gasteiger partial charge in [-0.2, -0.15) is 0 Å². The van der Waals surface area contributed by atoms with Crippen molar-refractivity contribution in [2.24, 2.45) is 0 Å². The summed E-state index contributed by atoms with van der Waals surface area (Å²) in [6, 6.07) is 12.3. The highest BCUT2D eigenvalue weighted by Crippen LogP contribution is 2.24. The van der Waals surface area contributed by atoms with Crippen molar-refractivity contribution in [1.29, 1.82) is 0 Å². The van der Waals surface area contributed by atoms with E-state index in [2.05, 4.69) is 21.2 Å². The highest BCUT2D eigenvalue weighted by atomic mass is 79.9. The molecule has 0 bridgehead atoms. The van der Waals surface area contributed by atoms with Crippen LogP contribution in [0, 0.1) is 10.1 Å². The van der Waals surface area contributed by atoms with Gasteiger partial charge in [0.2, 0.25) is 0 Å². The lowest BCUT2D eigenvalue weighted by molar-refractivity contribution is -0.385. The number of anilines is 1. The minimum Gasteiger partial charge on any atom is -0.497 e. The average molecular weight is 337 g/mol. The van der Waals surface area contributed by atoms with Crippen molar-refractivity contribution in [3.05, 3.63) is 62.6 Å². The molecule has 0 spiro atoms. The Morgan fingerprint density at radius 1 is 1.25 bits per heavy atom. The third kappa shape index (κ3) is 3.48. The number of rotatable bonds is 5. The zero-order valence-electron chi connectivity index (χ0n) is 10.8. The molecule has 0 aliphatic heterocycles. The largest absolute Gasteiger partial charge is 0.497 e. The monoisotopic (exact) mass is 336 g/mol. The number of halogens is 1. The summed E-state index contributed by atoms with van der Waals surface area (Å²) in [6.07, 6.45) is 0. The van der Waals surface area contributed by atoms with Gasteiger partial charge in [0.15, 0.2) is 0 Å². The predicted molar refractivity (Wildman–Crippen MR) is 81.1 cm³/mol. The van der Waals surface area contributed by atoms with Crippen LogP contribution in [0.15, 0.2) is 46.9 Å². The van der Waals surface area contributed by atoms with E-state index in [0.29, 0.717) is 12.1 Å². The topological polar surface area (TPSA) is 64.4 Å². The van der Waals surface area contributed by atoms with Crippen LogP contribution in [0.4, 0.5) is 11.4 Å². The molecule has 0 atom stereocenters. The molecule has 2 aromatic rings. The number of hydrogen-bond acceptors (Lipinski definition) is 4. The molecule has 0 unspecified atom stereocenters. The molecule has 0 radical (unpaired) electrons. The van der Waals surface area contributed by atoms with Crippen molar-refractivity contribution >= 4 is 27.3 Å². The zero-order chi connectivity index (χ0) is 14.5. The SMILES string of the molecule is COc1ccc(NCc2cc(Br)ccc2[N+](=O)[O-])cc1. The number of nitro groups is 1. The predicted octanol–water partition coefficient (Wildman–Crippen LogP) is 3.98. The third-order valence-electron chi connectivity index (χ3n) is 2.81. The first kappa shape index (κ1) is 14.3. The van der Waals surface area contributed by atoms with Crippen molar-refractivity contribution in [2.75, 3.05) is 12.4 Å². The van der Waals surface area contributed by atoms with Gasteiger partial charge in [-0.3, -0.25) is 10.1 Å². The van der Waals surface area contributed by atoms with E-state index in [9.17, 15) is 10.1 Å². The van der Waals surface area contributed by atoms with E-state index < -0.39 is 0 Å². The van der Waals surface area contributed by atoms with Gasteiger partial charge in [0, 0.05) is 28.3 Å². The second kappa shape index (κ2) is 6.38. The third-order valence-corrected chi connectivity index (χ3v) is 3.30. The van der Waals surface area contributed by atoms with Gasteiger partial charge in [0.25, 0.3) is 5.69 Å². The molecule has 104 valence electrons. The number of nitrogens with one attached hydrogen (secondary N) is 1. The molecule has 0 heterocycles. The Labute approximate surface area is 124 Å². The van der Waals surface area contributed by atoms with Gasteiger partial charge in [-0.05, 0) is 36.4 Å². The Morgan fingerprint density at radius 2 is 1.95 bits per heavy atom. The minimum atomic E-state index is -0.378. The van der Waals surface area contributed by atoms with Crippen LogP contribution < -0.4 is 10.1 Å². The maximum absolute atomic E-state index is 11.0. The molecule has 0 amide bonds. The lowest BCUT2D eigenvalue weighted by Gasteiger charge is -2.08. The number of nitro benzene ring substituents is 1. The second-order valence-electron chi connectivity index (χ2n) is 4.11. The van der Waals surface area contributed by atoms with Crippen LogP contribution in [0.1, 0.15) is 5.56 Å². The summed E-state index contributed by atoms with van der Waals surface area (Å²) in [4.78, 5) is 10.6. The lowest BCUT2D eigenvalue weighted by Crippen LogP contribution is -2.03. The average Bonchev–Trinajstić information content (AvgIpc) is 2.45. The molecule has 2 rings (SSSR count). The summed E-state index contributed by atoms with van der Waals surface area (Å²) in [5, 5.41) is 14.1. The fourth-order valence-electron chi connectivity index (χ4n) is 1.78. The molecular formula is C14H13BrN2O3. The molecule has 0 saturated carbocycles. The van der Waals surface area contributed by atoms with Crippen LogP contribution in [0.25, 0.3) is 0 Å². The van der Waals surface area contributed by atoms with Crippen LogP contribution in [-0.4, -0.2) is 12.0 Å². The second-order valence-corrected chi connectivity index (χ2v) is 5.03. The molecule has 6 heteroatoms. The molecule has 0 aliphatic carbocycles. The van der Waals surface area contributed by atoms with E-state index in [1.807, 2.05) is 24.3 Å². The molecule has 2 aromatic carbocycles. The summed E-state index contributed by atoms with van der Waals surface area (Å²) in [7, 11) is 1.60. The molecule has 0 fully saturated rings. The van der Waals surface area contributed by atoms with Crippen molar-refractivity contribution < 1.29 is 9.66 Å². The van der Waals surface area contributed by atoms with Gasteiger partial charge in [0.05, 0.1) is 12.0 Å². The number of nitrogens with zero attached hydrogens (tertiary/aromatic N) is 1. The van der Waals surface area contributed by atoms with Gasteiger partial charge in [0.1, 0.15) is 5.75 Å². The van der Waals surface area contributed by atoms with Crippen molar-refractivity contribution in [3.8, 4) is 5.75 Å². The molecule has 0 aliphatic rings. The van der Waals surface area contributed by atoms with Crippen molar-refractivity contribution in [1.82, 2.24) is 0 Å². The fraction of sp³-hybridized carbons (Fsp3) is 0.143. The van der Waals surface area contributed by atoms with E-state index >= 15 is 0 Å². The summed E-state index contributed by atoms with van der Waals surface area (Å²) in [5.74, 6) is 0.768. The Hall–Kier alpha value is -2.08. The van der Waals surface area contributed by atoms with Crippen LogP contribution in [0.3, 0.4) is 0 Å². The van der Waals surface area contributed by atoms with E-state index in [1.165, 1.54) is 6.07 Å². The molecule has 1 N–H and O–H groups in total. The number of hydrogen-bond donors (Lipinski definition) is 1. The number of ether oxygens (including phenoxy) is 1. The van der Waals surface area contributed by atoms with Gasteiger partial charge in [-0.1, -0.05) is 15.9 Å². The summed E-state index contributed by atoms with van der Waals surface area (Å²) in [5.41, 5.74) is 1.61. The number of methoxy groups -OCH3 is 1. The highest BCUT2D eigenvalue weighted by Gasteiger charge is 2.13. The summed E-state index contributed by atoms with van der Waals surface area (Å²) < 4.78 is 5.89. The van der Waals surface area contributed by atoms with Gasteiger partial charge in [-0.25, -0.2) is 0 Å². The van der Waals surface area contributed by atoms with Crippen molar-refractivity contribution in [3.63, 3.8) is 0 Å². The molecule has 5 nitrogen and oxygen atoms in total. The minimum absolute atomic E-state index is 0.106. The maximum atomic E-state index is 11.0. The zero-order valence-corrected chi connectivity index (χ0v) is 12.4. The Bertz CT molecular complexity index is 614. The molecule has 0 saturated heterocycles. The standard InChI is InChI=1S/C14H13BrN2O3/c1-20-13-5-3-12(4-6-13)16-9-10-8-11(15)2-7-14(10)17(18)19/h2-8,16H,9H2,1H3. The molecular weight excluding hydrogens is 324 g/mol. The van der Waals surface area contributed by atoms with Crippen LogP contribution in [0.5, 0.6) is 5.75 Å². The Balaban J connectivity index is 2.13. The highest BCUT2D eigenvalue weighted by molar-refractivity contribution is 9.10. The maximum Gasteiger partial charge on any atom is 0.274 e. The van der Waals surface area contributed by atoms with Gasteiger partial charge in [-0.15, -0.1) is 0 Å². The molecule has 0 aromatic heterocycles. The number of benzene rings is 2. The molecule has 20 heavy (non-hydrogen) atoms. The van der Waals surface area contributed by atoms with Crippen molar-refractivity contribution in [2.45, 2.75) is 6.54 Å². The quantitative estimate of drug-likeness (QED) is 0.662. The van der Waals surface area contributed by atoms with Gasteiger partial charge < -0.3 is 10.1 Å². The summed E-state index contributed by atoms with van der Waals surface area (Å²) >= 11 is 3.32. The first-order valence-corrected chi connectivity index (χ1v) is 6.70. The Kier molecular flexibility index (Phi) is 4.57. The lowest BCUT2D eigenvalue weighted by atomic mass is 10.1. The van der Waals surface area contributed by atoms with Crippen LogP contribution in [-0.2, 0) is 6.54 Å². The normalized spacial score (nSPS) is 10.1. The van der Waals surface area contributed by atoms with E-state index in [-0.39, 0.29) is 10.6 Å².